The van der Waals surface area contributed by atoms with Gasteiger partial charge in [-0.3, -0.25) is 10.1 Å². The largest absolute Gasteiger partial charge is 0.388 e. The molecule has 0 aliphatic carbocycles. The lowest BCUT2D eigenvalue weighted by Crippen LogP contribution is -2.58. The van der Waals surface area contributed by atoms with E-state index in [-0.39, 0.29) is 16.4 Å². The van der Waals surface area contributed by atoms with Gasteiger partial charge in [0.1, 0.15) is 24.0 Å². The Morgan fingerprint density at radius 3 is 2.57 bits per heavy atom. The Kier molecular flexibility index (Phi) is 4.64. The quantitative estimate of drug-likeness (QED) is 0.472. The molecule has 0 spiro atoms. The van der Waals surface area contributed by atoms with Gasteiger partial charge >= 0.3 is 0 Å². The molecule has 4 N–H and O–H groups in total. The molecule has 1 aromatic rings. The molecule has 1 aliphatic heterocycles. The number of anilines is 1. The first-order valence-corrected chi connectivity index (χ1v) is 6.59. The van der Waals surface area contributed by atoms with Crippen LogP contribution in [0.25, 0.3) is 0 Å². The molecule has 0 saturated carbocycles. The van der Waals surface area contributed by atoms with E-state index in [2.05, 4.69) is 5.32 Å². The number of aliphatic hydroxyl groups is 3. The van der Waals surface area contributed by atoms with E-state index in [4.69, 9.17) is 16.3 Å². The molecule has 1 fully saturated rings. The standard InChI is InChI=1S/C12H15ClN2O6/c1-5-9(16)10(17)11(18)12(21-5)14-7-3-2-6(13)4-8(7)15(19)20/h2-5,9-12,14,16-18H,1H3/t5-,9+,10-,11-,12+/m0/s1. The van der Waals surface area contributed by atoms with Crippen molar-refractivity contribution in [2.75, 3.05) is 5.32 Å². The number of rotatable bonds is 3. The van der Waals surface area contributed by atoms with Crippen molar-refractivity contribution in [1.29, 1.82) is 0 Å². The Hall–Kier alpha value is -1.45. The molecule has 1 aromatic carbocycles. The van der Waals surface area contributed by atoms with Gasteiger partial charge in [0.15, 0.2) is 6.23 Å². The fraction of sp³-hybridized carbons (Fsp3) is 0.500. The van der Waals surface area contributed by atoms with Crippen LogP contribution >= 0.6 is 11.6 Å². The highest BCUT2D eigenvalue weighted by atomic mass is 35.5. The number of ether oxygens (including phenoxy) is 1. The number of halogens is 1. The van der Waals surface area contributed by atoms with Crippen LogP contribution in [0.4, 0.5) is 11.4 Å². The predicted molar refractivity (Wildman–Crippen MR) is 74.1 cm³/mol. The Labute approximate surface area is 125 Å². The number of benzene rings is 1. The maximum atomic E-state index is 11.0. The van der Waals surface area contributed by atoms with Crippen molar-refractivity contribution in [3.63, 3.8) is 0 Å². The zero-order chi connectivity index (χ0) is 15.7. The maximum Gasteiger partial charge on any atom is 0.293 e. The zero-order valence-corrected chi connectivity index (χ0v) is 11.8. The smallest absolute Gasteiger partial charge is 0.293 e. The van der Waals surface area contributed by atoms with Crippen LogP contribution in [0.15, 0.2) is 18.2 Å². The van der Waals surface area contributed by atoms with Gasteiger partial charge in [-0.2, -0.15) is 0 Å². The summed E-state index contributed by atoms with van der Waals surface area (Å²) in [7, 11) is 0. The molecule has 1 aliphatic rings. The van der Waals surface area contributed by atoms with E-state index in [0.717, 1.165) is 6.07 Å². The zero-order valence-electron chi connectivity index (χ0n) is 11.0. The molecule has 5 atom stereocenters. The second kappa shape index (κ2) is 6.12. The number of nitro benzene ring substituents is 1. The second-order valence-electron chi connectivity index (χ2n) is 4.80. The molecule has 0 radical (unpaired) electrons. The van der Waals surface area contributed by atoms with Crippen molar-refractivity contribution in [3.8, 4) is 0 Å². The van der Waals surface area contributed by atoms with E-state index in [1.54, 1.807) is 0 Å². The van der Waals surface area contributed by atoms with Gasteiger partial charge in [0, 0.05) is 11.1 Å². The Balaban J connectivity index is 2.24. The van der Waals surface area contributed by atoms with E-state index < -0.39 is 35.6 Å². The Morgan fingerprint density at radius 2 is 1.95 bits per heavy atom. The summed E-state index contributed by atoms with van der Waals surface area (Å²) in [6.45, 7) is 1.52. The van der Waals surface area contributed by atoms with Gasteiger partial charge in [0.25, 0.3) is 5.69 Å². The first-order chi connectivity index (χ1) is 9.81. The summed E-state index contributed by atoms with van der Waals surface area (Å²) in [5.74, 6) is 0. The van der Waals surface area contributed by atoms with Crippen LogP contribution in [0.3, 0.4) is 0 Å². The van der Waals surface area contributed by atoms with Crippen LogP contribution in [0.5, 0.6) is 0 Å². The van der Waals surface area contributed by atoms with Gasteiger partial charge in [-0.15, -0.1) is 0 Å². The topological polar surface area (TPSA) is 125 Å². The third-order valence-electron chi connectivity index (χ3n) is 3.31. The van der Waals surface area contributed by atoms with Crippen molar-refractivity contribution in [1.82, 2.24) is 0 Å². The predicted octanol–water partition coefficient (Wildman–Crippen LogP) is 0.488. The van der Waals surface area contributed by atoms with Gasteiger partial charge in [-0.25, -0.2) is 0 Å². The molecule has 9 heteroatoms. The number of nitrogens with zero attached hydrogens (tertiary/aromatic N) is 1. The molecule has 0 aromatic heterocycles. The van der Waals surface area contributed by atoms with Gasteiger partial charge in [-0.05, 0) is 19.1 Å². The molecular formula is C12H15ClN2O6. The molecule has 2 rings (SSSR count). The van der Waals surface area contributed by atoms with Crippen molar-refractivity contribution in [2.24, 2.45) is 0 Å². The normalized spacial score (nSPS) is 32.7. The minimum atomic E-state index is -1.44. The molecule has 0 bridgehead atoms. The van der Waals surface area contributed by atoms with Crippen LogP contribution in [-0.4, -0.2) is 50.9 Å². The van der Waals surface area contributed by atoms with Crippen LogP contribution in [0.1, 0.15) is 6.92 Å². The molecule has 1 saturated heterocycles. The van der Waals surface area contributed by atoms with Crippen LogP contribution in [0.2, 0.25) is 5.02 Å². The molecule has 8 nitrogen and oxygen atoms in total. The first kappa shape index (κ1) is 15.9. The van der Waals surface area contributed by atoms with Crippen molar-refractivity contribution in [2.45, 2.75) is 37.6 Å². The average Bonchev–Trinajstić information content (AvgIpc) is 2.44. The fourth-order valence-electron chi connectivity index (χ4n) is 2.10. The van der Waals surface area contributed by atoms with Gasteiger partial charge in [-0.1, -0.05) is 11.6 Å². The molecule has 1 heterocycles. The first-order valence-electron chi connectivity index (χ1n) is 6.21. The average molecular weight is 319 g/mol. The summed E-state index contributed by atoms with van der Waals surface area (Å²) >= 11 is 5.71. The highest BCUT2D eigenvalue weighted by Gasteiger charge is 2.42. The van der Waals surface area contributed by atoms with Crippen LogP contribution in [0, 0.1) is 10.1 Å². The number of hydrogen-bond donors (Lipinski definition) is 4. The maximum absolute atomic E-state index is 11.0. The number of nitrogens with one attached hydrogen (secondary N) is 1. The van der Waals surface area contributed by atoms with Gasteiger partial charge in [0.05, 0.1) is 11.0 Å². The van der Waals surface area contributed by atoms with Crippen molar-refractivity contribution >= 4 is 23.0 Å². The molecule has 116 valence electrons. The Bertz CT molecular complexity index is 542. The number of nitro groups is 1. The summed E-state index contributed by atoms with van der Waals surface area (Å²) in [6, 6.07) is 3.98. The second-order valence-corrected chi connectivity index (χ2v) is 5.23. The third-order valence-corrected chi connectivity index (χ3v) is 3.54. The molecule has 21 heavy (non-hydrogen) atoms. The number of hydrogen-bond acceptors (Lipinski definition) is 7. The summed E-state index contributed by atoms with van der Waals surface area (Å²) in [5.41, 5.74) is -0.198. The highest BCUT2D eigenvalue weighted by Crippen LogP contribution is 2.30. The highest BCUT2D eigenvalue weighted by molar-refractivity contribution is 6.30. The lowest BCUT2D eigenvalue weighted by molar-refractivity contribution is -0.384. The third kappa shape index (κ3) is 3.25. The van der Waals surface area contributed by atoms with Gasteiger partial charge in [0.2, 0.25) is 0 Å². The van der Waals surface area contributed by atoms with E-state index in [1.807, 2.05) is 0 Å². The minimum Gasteiger partial charge on any atom is -0.388 e. The number of aliphatic hydroxyl groups excluding tert-OH is 3. The monoisotopic (exact) mass is 318 g/mol. The summed E-state index contributed by atoms with van der Waals surface area (Å²) in [5, 5.41) is 43.0. The van der Waals surface area contributed by atoms with E-state index in [9.17, 15) is 25.4 Å². The lowest BCUT2D eigenvalue weighted by atomic mass is 9.99. The summed E-state index contributed by atoms with van der Waals surface area (Å²) in [6.07, 6.45) is -5.94. The van der Waals surface area contributed by atoms with E-state index in [0.29, 0.717) is 0 Å². The van der Waals surface area contributed by atoms with Crippen molar-refractivity contribution < 1.29 is 25.0 Å². The van der Waals surface area contributed by atoms with Gasteiger partial charge < -0.3 is 25.4 Å². The summed E-state index contributed by atoms with van der Waals surface area (Å²) < 4.78 is 5.32. The summed E-state index contributed by atoms with van der Waals surface area (Å²) in [4.78, 5) is 10.4. The molecule has 0 amide bonds. The van der Waals surface area contributed by atoms with Crippen molar-refractivity contribution in [3.05, 3.63) is 33.3 Å². The molecule has 0 unspecified atom stereocenters. The lowest BCUT2D eigenvalue weighted by Gasteiger charge is -2.39. The fourth-order valence-corrected chi connectivity index (χ4v) is 2.27. The van der Waals surface area contributed by atoms with E-state index in [1.165, 1.54) is 19.1 Å². The molecular weight excluding hydrogens is 304 g/mol. The minimum absolute atomic E-state index is 0.0873. The Morgan fingerprint density at radius 1 is 1.29 bits per heavy atom. The van der Waals surface area contributed by atoms with E-state index >= 15 is 0 Å². The van der Waals surface area contributed by atoms with Crippen LogP contribution in [-0.2, 0) is 4.74 Å². The van der Waals surface area contributed by atoms with Crippen LogP contribution < -0.4 is 5.32 Å². The SMILES string of the molecule is C[C@@H]1O[C@@H](Nc2ccc(Cl)cc2[N+](=O)[O-])[C@@H](O)[C@@H](O)[C@@H]1O.